The molecule has 0 aromatic heterocycles. The van der Waals surface area contributed by atoms with E-state index in [2.05, 4.69) is 10.6 Å². The highest BCUT2D eigenvalue weighted by Crippen LogP contribution is 2.22. The third-order valence-electron chi connectivity index (χ3n) is 5.44. The summed E-state index contributed by atoms with van der Waals surface area (Å²) < 4.78 is 26.9. The maximum absolute atomic E-state index is 12.7. The summed E-state index contributed by atoms with van der Waals surface area (Å²) in [5, 5.41) is 5.76. The number of piperazine rings is 1. The Kier molecular flexibility index (Phi) is 6.35. The smallest absolute Gasteiger partial charge is 0.253 e. The summed E-state index contributed by atoms with van der Waals surface area (Å²) in [4.78, 5) is 27.2. The molecule has 1 aliphatic heterocycles. The molecule has 0 unspecified atom stereocenters. The zero-order valence-electron chi connectivity index (χ0n) is 17.2. The average molecular weight is 443 g/mol. The standard InChI is InChI=1S/C22H26N4O4S/c27-21(24-20-9-5-4-8-19(20)22(28)23-17-10-11-17)16-25-12-14-26(15-13-25)31(29,30)18-6-2-1-3-7-18/h1-9,17H,10-16H2,(H,23,28)(H,24,27). The molecule has 4 rings (SSSR count). The maximum Gasteiger partial charge on any atom is 0.253 e. The minimum Gasteiger partial charge on any atom is -0.349 e. The molecular weight excluding hydrogens is 416 g/mol. The van der Waals surface area contributed by atoms with E-state index < -0.39 is 10.0 Å². The van der Waals surface area contributed by atoms with Gasteiger partial charge in [0.15, 0.2) is 0 Å². The molecule has 2 aromatic carbocycles. The van der Waals surface area contributed by atoms with E-state index in [1.807, 2.05) is 4.90 Å². The van der Waals surface area contributed by atoms with Crippen LogP contribution in [0.15, 0.2) is 59.5 Å². The van der Waals surface area contributed by atoms with Gasteiger partial charge in [0.1, 0.15) is 0 Å². The Morgan fingerprint density at radius 3 is 2.23 bits per heavy atom. The van der Waals surface area contributed by atoms with Crippen molar-refractivity contribution in [3.8, 4) is 0 Å². The summed E-state index contributed by atoms with van der Waals surface area (Å²) in [6.45, 7) is 1.71. The predicted molar refractivity (Wildman–Crippen MR) is 117 cm³/mol. The van der Waals surface area contributed by atoms with Crippen LogP contribution in [0, 0.1) is 0 Å². The predicted octanol–water partition coefficient (Wildman–Crippen LogP) is 1.52. The van der Waals surface area contributed by atoms with Crippen LogP contribution >= 0.6 is 0 Å². The summed E-state index contributed by atoms with van der Waals surface area (Å²) in [5.41, 5.74) is 0.928. The summed E-state index contributed by atoms with van der Waals surface area (Å²) in [7, 11) is -3.52. The number of benzene rings is 2. The lowest BCUT2D eigenvalue weighted by Gasteiger charge is -2.33. The van der Waals surface area contributed by atoms with Gasteiger partial charge in [0.25, 0.3) is 5.91 Å². The van der Waals surface area contributed by atoms with Crippen LogP contribution in [0.3, 0.4) is 0 Å². The average Bonchev–Trinajstić information content (AvgIpc) is 3.59. The zero-order chi connectivity index (χ0) is 21.8. The third-order valence-corrected chi connectivity index (χ3v) is 7.35. The fraction of sp³-hybridized carbons (Fsp3) is 0.364. The van der Waals surface area contributed by atoms with Gasteiger partial charge in [-0.05, 0) is 37.1 Å². The van der Waals surface area contributed by atoms with E-state index in [4.69, 9.17) is 0 Å². The van der Waals surface area contributed by atoms with Crippen molar-refractivity contribution in [2.24, 2.45) is 0 Å². The van der Waals surface area contributed by atoms with Gasteiger partial charge in [-0.3, -0.25) is 14.5 Å². The highest BCUT2D eigenvalue weighted by Gasteiger charge is 2.29. The van der Waals surface area contributed by atoms with Crippen LogP contribution in [0.25, 0.3) is 0 Å². The van der Waals surface area contributed by atoms with Gasteiger partial charge in [-0.2, -0.15) is 4.31 Å². The van der Waals surface area contributed by atoms with Gasteiger partial charge in [-0.15, -0.1) is 0 Å². The van der Waals surface area contributed by atoms with Crippen molar-refractivity contribution in [1.82, 2.24) is 14.5 Å². The number of hydrogen-bond donors (Lipinski definition) is 2. The monoisotopic (exact) mass is 442 g/mol. The van der Waals surface area contributed by atoms with Crippen molar-refractivity contribution in [3.63, 3.8) is 0 Å². The summed E-state index contributed by atoms with van der Waals surface area (Å²) in [6, 6.07) is 15.6. The maximum atomic E-state index is 12.7. The van der Waals surface area contributed by atoms with Gasteiger partial charge in [-0.1, -0.05) is 30.3 Å². The number of hydrogen-bond acceptors (Lipinski definition) is 5. The van der Waals surface area contributed by atoms with Crippen LogP contribution < -0.4 is 10.6 Å². The highest BCUT2D eigenvalue weighted by atomic mass is 32.2. The van der Waals surface area contributed by atoms with Crippen LogP contribution in [0.4, 0.5) is 5.69 Å². The van der Waals surface area contributed by atoms with E-state index >= 15 is 0 Å². The molecule has 164 valence electrons. The topological polar surface area (TPSA) is 98.8 Å². The second-order valence-corrected chi connectivity index (χ2v) is 9.77. The first-order valence-electron chi connectivity index (χ1n) is 10.4. The van der Waals surface area contributed by atoms with Crippen molar-refractivity contribution >= 4 is 27.5 Å². The van der Waals surface area contributed by atoms with E-state index in [1.54, 1.807) is 54.6 Å². The van der Waals surface area contributed by atoms with Crippen molar-refractivity contribution in [2.75, 3.05) is 38.0 Å². The lowest BCUT2D eigenvalue weighted by Crippen LogP contribution is -2.50. The largest absolute Gasteiger partial charge is 0.349 e. The molecule has 1 saturated carbocycles. The van der Waals surface area contributed by atoms with Crippen LogP contribution in [-0.4, -0.2) is 68.2 Å². The normalized spacial score (nSPS) is 17.8. The second-order valence-electron chi connectivity index (χ2n) is 7.83. The number of nitrogens with one attached hydrogen (secondary N) is 2. The quantitative estimate of drug-likeness (QED) is 0.678. The van der Waals surface area contributed by atoms with Crippen molar-refractivity contribution < 1.29 is 18.0 Å². The number of amides is 2. The third kappa shape index (κ3) is 5.30. The number of para-hydroxylation sites is 1. The Hall–Kier alpha value is -2.75. The number of sulfonamides is 1. The van der Waals surface area contributed by atoms with Crippen LogP contribution in [0.5, 0.6) is 0 Å². The molecule has 2 N–H and O–H groups in total. The van der Waals surface area contributed by atoms with Gasteiger partial charge in [0.05, 0.1) is 22.7 Å². The van der Waals surface area contributed by atoms with Gasteiger partial charge in [0, 0.05) is 32.2 Å². The Bertz CT molecular complexity index is 1050. The Morgan fingerprint density at radius 1 is 0.903 bits per heavy atom. The molecule has 1 saturated heterocycles. The molecule has 1 heterocycles. The molecule has 8 nitrogen and oxygen atoms in total. The van der Waals surface area contributed by atoms with Gasteiger partial charge >= 0.3 is 0 Å². The van der Waals surface area contributed by atoms with Crippen LogP contribution in [-0.2, 0) is 14.8 Å². The van der Waals surface area contributed by atoms with Gasteiger partial charge in [0.2, 0.25) is 15.9 Å². The van der Waals surface area contributed by atoms with Crippen molar-refractivity contribution in [2.45, 2.75) is 23.8 Å². The van der Waals surface area contributed by atoms with Crippen LogP contribution in [0.1, 0.15) is 23.2 Å². The van der Waals surface area contributed by atoms with Crippen LogP contribution in [0.2, 0.25) is 0 Å². The number of anilines is 1. The first-order chi connectivity index (χ1) is 14.9. The molecule has 0 radical (unpaired) electrons. The lowest BCUT2D eigenvalue weighted by molar-refractivity contribution is -0.117. The summed E-state index contributed by atoms with van der Waals surface area (Å²) in [6.07, 6.45) is 1.98. The number of rotatable bonds is 7. The fourth-order valence-electron chi connectivity index (χ4n) is 3.54. The molecule has 0 atom stereocenters. The molecular formula is C22H26N4O4S. The van der Waals surface area contributed by atoms with Crippen molar-refractivity contribution in [3.05, 3.63) is 60.2 Å². The summed E-state index contributed by atoms with van der Waals surface area (Å²) >= 11 is 0. The lowest BCUT2D eigenvalue weighted by atomic mass is 10.1. The van der Waals surface area contributed by atoms with E-state index in [-0.39, 0.29) is 29.3 Å². The fourth-order valence-corrected chi connectivity index (χ4v) is 4.99. The molecule has 0 bridgehead atoms. The van der Waals surface area contributed by atoms with E-state index in [0.29, 0.717) is 37.4 Å². The van der Waals surface area contributed by atoms with Crippen molar-refractivity contribution in [1.29, 1.82) is 0 Å². The SMILES string of the molecule is O=C(CN1CCN(S(=O)(=O)c2ccccc2)CC1)Nc1ccccc1C(=O)NC1CC1. The Morgan fingerprint density at radius 2 is 1.55 bits per heavy atom. The minimum absolute atomic E-state index is 0.137. The molecule has 2 aromatic rings. The second kappa shape index (κ2) is 9.17. The Balaban J connectivity index is 1.31. The molecule has 31 heavy (non-hydrogen) atoms. The van der Waals surface area contributed by atoms with E-state index in [9.17, 15) is 18.0 Å². The first-order valence-corrected chi connectivity index (χ1v) is 11.8. The first kappa shape index (κ1) is 21.5. The number of nitrogens with zero attached hydrogens (tertiary/aromatic N) is 2. The molecule has 2 fully saturated rings. The van der Waals surface area contributed by atoms with E-state index in [0.717, 1.165) is 12.8 Å². The molecule has 2 aliphatic rings. The zero-order valence-corrected chi connectivity index (χ0v) is 18.0. The van der Waals surface area contributed by atoms with Gasteiger partial charge < -0.3 is 10.6 Å². The number of carbonyl (C=O) groups is 2. The highest BCUT2D eigenvalue weighted by molar-refractivity contribution is 7.89. The molecule has 1 aliphatic carbocycles. The number of carbonyl (C=O) groups excluding carboxylic acids is 2. The molecule has 2 amide bonds. The Labute approximate surface area is 182 Å². The summed E-state index contributed by atoms with van der Waals surface area (Å²) in [5.74, 6) is -0.413. The van der Waals surface area contributed by atoms with E-state index in [1.165, 1.54) is 4.31 Å². The molecule has 0 spiro atoms. The van der Waals surface area contributed by atoms with Gasteiger partial charge in [-0.25, -0.2) is 8.42 Å². The molecule has 9 heteroatoms. The minimum atomic E-state index is -3.52.